The summed E-state index contributed by atoms with van der Waals surface area (Å²) in [7, 11) is 1.56. The maximum atomic E-state index is 13.1. The molecule has 0 aliphatic rings. The second-order valence-corrected chi connectivity index (χ2v) is 6.09. The minimum atomic E-state index is -0.0629. The topological polar surface area (TPSA) is 55.6 Å². The molecule has 4 nitrogen and oxygen atoms in total. The van der Waals surface area contributed by atoms with Crippen LogP contribution >= 0.6 is 0 Å². The third-order valence-electron chi connectivity index (χ3n) is 4.20. The second kappa shape index (κ2) is 8.21. The number of hydrogen-bond donors (Lipinski definition) is 1. The van der Waals surface area contributed by atoms with E-state index in [1.807, 2.05) is 65.6 Å². The van der Waals surface area contributed by atoms with E-state index >= 15 is 0 Å². The van der Waals surface area contributed by atoms with Crippen LogP contribution in [0.4, 0.5) is 5.69 Å². The van der Waals surface area contributed by atoms with E-state index in [1.54, 1.807) is 25.3 Å². The number of hydrogen-bond acceptors (Lipinski definition) is 3. The van der Waals surface area contributed by atoms with Gasteiger partial charge in [-0.1, -0.05) is 60.7 Å². The van der Waals surface area contributed by atoms with Crippen molar-refractivity contribution in [3.05, 3.63) is 95.6 Å². The SMILES string of the molecule is COc1ccc(C(=O)N(Cc2ccccc2)Cc2ccccc2)cc1N. The van der Waals surface area contributed by atoms with Crippen molar-refractivity contribution < 1.29 is 9.53 Å². The molecule has 132 valence electrons. The minimum absolute atomic E-state index is 0.0629. The van der Waals surface area contributed by atoms with Gasteiger partial charge in [0.05, 0.1) is 12.8 Å². The first-order valence-corrected chi connectivity index (χ1v) is 8.48. The molecule has 0 saturated carbocycles. The zero-order chi connectivity index (χ0) is 18.4. The third-order valence-corrected chi connectivity index (χ3v) is 4.20. The number of nitrogens with two attached hydrogens (primary N) is 1. The van der Waals surface area contributed by atoms with Gasteiger partial charge in [-0.15, -0.1) is 0 Å². The van der Waals surface area contributed by atoms with Crippen LogP contribution in [0.3, 0.4) is 0 Å². The van der Waals surface area contributed by atoms with Gasteiger partial charge in [-0.05, 0) is 29.3 Å². The van der Waals surface area contributed by atoms with E-state index in [-0.39, 0.29) is 5.91 Å². The molecule has 0 fully saturated rings. The normalized spacial score (nSPS) is 10.3. The first-order chi connectivity index (χ1) is 12.7. The van der Waals surface area contributed by atoms with Crippen molar-refractivity contribution >= 4 is 11.6 Å². The first-order valence-electron chi connectivity index (χ1n) is 8.48. The summed E-state index contributed by atoms with van der Waals surface area (Å²) >= 11 is 0. The Morgan fingerprint density at radius 1 is 0.885 bits per heavy atom. The van der Waals surface area contributed by atoms with Gasteiger partial charge in [-0.25, -0.2) is 0 Å². The highest BCUT2D eigenvalue weighted by Gasteiger charge is 2.18. The van der Waals surface area contributed by atoms with Gasteiger partial charge in [0.15, 0.2) is 0 Å². The van der Waals surface area contributed by atoms with E-state index in [0.29, 0.717) is 30.1 Å². The van der Waals surface area contributed by atoms with Crippen LogP contribution in [0.1, 0.15) is 21.5 Å². The maximum absolute atomic E-state index is 13.1. The lowest BCUT2D eigenvalue weighted by Gasteiger charge is -2.23. The van der Waals surface area contributed by atoms with E-state index in [4.69, 9.17) is 10.5 Å². The predicted molar refractivity (Wildman–Crippen MR) is 104 cm³/mol. The highest BCUT2D eigenvalue weighted by Crippen LogP contribution is 2.23. The molecule has 2 N–H and O–H groups in total. The molecule has 0 heterocycles. The molecule has 0 aliphatic heterocycles. The largest absolute Gasteiger partial charge is 0.495 e. The molecular weight excluding hydrogens is 324 g/mol. The Labute approximate surface area is 153 Å². The van der Waals surface area contributed by atoms with Crippen LogP contribution in [0.25, 0.3) is 0 Å². The van der Waals surface area contributed by atoms with Gasteiger partial charge in [0.25, 0.3) is 5.91 Å². The Balaban J connectivity index is 1.88. The van der Waals surface area contributed by atoms with Crippen LogP contribution in [-0.4, -0.2) is 17.9 Å². The Kier molecular flexibility index (Phi) is 5.54. The van der Waals surface area contributed by atoms with Crippen molar-refractivity contribution in [1.29, 1.82) is 0 Å². The van der Waals surface area contributed by atoms with E-state index in [9.17, 15) is 4.79 Å². The van der Waals surface area contributed by atoms with Crippen molar-refractivity contribution in [2.75, 3.05) is 12.8 Å². The molecule has 0 aliphatic carbocycles. The van der Waals surface area contributed by atoms with Gasteiger partial charge in [0, 0.05) is 18.7 Å². The number of methoxy groups -OCH3 is 1. The van der Waals surface area contributed by atoms with Crippen LogP contribution in [0.5, 0.6) is 5.75 Å². The van der Waals surface area contributed by atoms with Crippen LogP contribution in [0.2, 0.25) is 0 Å². The molecule has 3 aromatic carbocycles. The fourth-order valence-electron chi connectivity index (χ4n) is 2.86. The van der Waals surface area contributed by atoms with Gasteiger partial charge in [0.2, 0.25) is 0 Å². The van der Waals surface area contributed by atoms with E-state index in [0.717, 1.165) is 11.1 Å². The Morgan fingerprint density at radius 2 is 1.42 bits per heavy atom. The summed E-state index contributed by atoms with van der Waals surface area (Å²) in [5.41, 5.74) is 9.15. The number of ether oxygens (including phenoxy) is 1. The van der Waals surface area contributed by atoms with Crippen molar-refractivity contribution in [3.8, 4) is 5.75 Å². The summed E-state index contributed by atoms with van der Waals surface area (Å²) in [5.74, 6) is 0.506. The van der Waals surface area contributed by atoms with E-state index < -0.39 is 0 Å². The molecule has 4 heteroatoms. The Hall–Kier alpha value is -3.27. The summed E-state index contributed by atoms with van der Waals surface area (Å²) in [5, 5.41) is 0. The summed E-state index contributed by atoms with van der Waals surface area (Å²) in [6, 6.07) is 25.1. The van der Waals surface area contributed by atoms with Gasteiger partial charge in [0.1, 0.15) is 5.75 Å². The lowest BCUT2D eigenvalue weighted by molar-refractivity contribution is 0.0730. The monoisotopic (exact) mass is 346 g/mol. The predicted octanol–water partition coefficient (Wildman–Crippen LogP) is 4.12. The molecule has 0 spiro atoms. The lowest BCUT2D eigenvalue weighted by Crippen LogP contribution is -2.30. The van der Waals surface area contributed by atoms with Crippen LogP contribution in [0.15, 0.2) is 78.9 Å². The van der Waals surface area contributed by atoms with Crippen LogP contribution in [-0.2, 0) is 13.1 Å². The van der Waals surface area contributed by atoms with Crippen molar-refractivity contribution in [1.82, 2.24) is 4.90 Å². The molecular formula is C22H22N2O2. The lowest BCUT2D eigenvalue weighted by atomic mass is 10.1. The fraction of sp³-hybridized carbons (Fsp3) is 0.136. The number of carbonyl (C=O) groups is 1. The average molecular weight is 346 g/mol. The summed E-state index contributed by atoms with van der Waals surface area (Å²) in [4.78, 5) is 15.0. The number of benzene rings is 3. The molecule has 0 aromatic heterocycles. The highest BCUT2D eigenvalue weighted by atomic mass is 16.5. The molecule has 0 atom stereocenters. The number of carbonyl (C=O) groups excluding carboxylic acids is 1. The Morgan fingerprint density at radius 3 is 1.88 bits per heavy atom. The molecule has 0 saturated heterocycles. The Bertz CT molecular complexity index is 822. The molecule has 0 radical (unpaired) electrons. The van der Waals surface area contributed by atoms with Crippen molar-refractivity contribution in [2.45, 2.75) is 13.1 Å². The third kappa shape index (κ3) is 4.22. The van der Waals surface area contributed by atoms with Gasteiger partial charge in [-0.2, -0.15) is 0 Å². The molecule has 26 heavy (non-hydrogen) atoms. The van der Waals surface area contributed by atoms with Crippen molar-refractivity contribution in [2.24, 2.45) is 0 Å². The van der Waals surface area contributed by atoms with Gasteiger partial charge in [-0.3, -0.25) is 4.79 Å². The maximum Gasteiger partial charge on any atom is 0.254 e. The number of nitrogens with zero attached hydrogens (tertiary/aromatic N) is 1. The van der Waals surface area contributed by atoms with E-state index in [2.05, 4.69) is 0 Å². The number of anilines is 1. The zero-order valence-corrected chi connectivity index (χ0v) is 14.8. The van der Waals surface area contributed by atoms with Crippen molar-refractivity contribution in [3.63, 3.8) is 0 Å². The summed E-state index contributed by atoms with van der Waals surface area (Å²) in [6.07, 6.45) is 0. The number of amides is 1. The van der Waals surface area contributed by atoms with E-state index in [1.165, 1.54) is 0 Å². The van der Waals surface area contributed by atoms with Gasteiger partial charge < -0.3 is 15.4 Å². The number of nitrogen functional groups attached to an aromatic ring is 1. The molecule has 3 aromatic rings. The number of rotatable bonds is 6. The molecule has 0 unspecified atom stereocenters. The smallest absolute Gasteiger partial charge is 0.254 e. The molecule has 3 rings (SSSR count). The summed E-state index contributed by atoms with van der Waals surface area (Å²) < 4.78 is 5.18. The standard InChI is InChI=1S/C22H22N2O2/c1-26-21-13-12-19(14-20(21)23)22(25)24(15-17-8-4-2-5-9-17)16-18-10-6-3-7-11-18/h2-14H,15-16,23H2,1H3. The quantitative estimate of drug-likeness (QED) is 0.683. The van der Waals surface area contributed by atoms with Gasteiger partial charge >= 0.3 is 0 Å². The first kappa shape index (κ1) is 17.5. The molecule has 0 bridgehead atoms. The highest BCUT2D eigenvalue weighted by molar-refractivity contribution is 5.95. The fourth-order valence-corrected chi connectivity index (χ4v) is 2.86. The minimum Gasteiger partial charge on any atom is -0.495 e. The second-order valence-electron chi connectivity index (χ2n) is 6.09. The average Bonchev–Trinajstić information content (AvgIpc) is 2.68. The zero-order valence-electron chi connectivity index (χ0n) is 14.8. The van der Waals surface area contributed by atoms with Crippen LogP contribution < -0.4 is 10.5 Å². The summed E-state index contributed by atoms with van der Waals surface area (Å²) in [6.45, 7) is 1.06. The van der Waals surface area contributed by atoms with Crippen LogP contribution in [0, 0.1) is 0 Å². The molecule has 1 amide bonds.